The van der Waals surface area contributed by atoms with E-state index in [0.717, 1.165) is 5.56 Å². The maximum absolute atomic E-state index is 10.3. The molecule has 0 radical (unpaired) electrons. The Bertz CT molecular complexity index is 503. The molecule has 0 spiro atoms. The van der Waals surface area contributed by atoms with Crippen LogP contribution in [0.1, 0.15) is 24.5 Å². The standard InChI is InChI=1S/C17H20O4/c18-15(12-13-17(20)21)10-6-1-2-7-11-16(19)14-8-4-3-5-9-14/h1-11,15-16,18-19H,12-13H2,(H,20,21)/b2-1+,10-6+,11-7+. The Morgan fingerprint density at radius 3 is 2.24 bits per heavy atom. The van der Waals surface area contributed by atoms with Crippen LogP contribution in [0.25, 0.3) is 0 Å². The second kappa shape index (κ2) is 9.69. The molecule has 0 saturated carbocycles. The molecule has 1 aromatic rings. The van der Waals surface area contributed by atoms with Gasteiger partial charge in [0.15, 0.2) is 0 Å². The van der Waals surface area contributed by atoms with Gasteiger partial charge in [-0.05, 0) is 12.0 Å². The molecule has 0 fully saturated rings. The molecule has 0 heterocycles. The molecule has 4 heteroatoms. The van der Waals surface area contributed by atoms with E-state index >= 15 is 0 Å². The van der Waals surface area contributed by atoms with Gasteiger partial charge in [-0.25, -0.2) is 0 Å². The molecule has 0 aliphatic carbocycles. The molecule has 1 rings (SSSR count). The van der Waals surface area contributed by atoms with E-state index in [-0.39, 0.29) is 12.8 Å². The van der Waals surface area contributed by atoms with Crippen LogP contribution in [0.3, 0.4) is 0 Å². The Hall–Kier alpha value is -2.17. The van der Waals surface area contributed by atoms with Gasteiger partial charge < -0.3 is 15.3 Å². The number of rotatable bonds is 8. The lowest BCUT2D eigenvalue weighted by atomic mass is 10.1. The van der Waals surface area contributed by atoms with E-state index in [2.05, 4.69) is 0 Å². The predicted octanol–water partition coefficient (Wildman–Crippen LogP) is 2.61. The summed E-state index contributed by atoms with van der Waals surface area (Å²) in [7, 11) is 0. The molecule has 112 valence electrons. The van der Waals surface area contributed by atoms with Crippen molar-refractivity contribution in [2.24, 2.45) is 0 Å². The molecule has 3 N–H and O–H groups in total. The highest BCUT2D eigenvalue weighted by Gasteiger charge is 2.02. The molecule has 2 unspecified atom stereocenters. The van der Waals surface area contributed by atoms with Gasteiger partial charge in [-0.3, -0.25) is 4.79 Å². The summed E-state index contributed by atoms with van der Waals surface area (Å²) in [5, 5.41) is 27.8. The Morgan fingerprint density at radius 2 is 1.62 bits per heavy atom. The van der Waals surface area contributed by atoms with Gasteiger partial charge in [0.1, 0.15) is 0 Å². The van der Waals surface area contributed by atoms with Crippen molar-refractivity contribution in [2.45, 2.75) is 25.0 Å². The van der Waals surface area contributed by atoms with Crippen LogP contribution < -0.4 is 0 Å². The Kier molecular flexibility index (Phi) is 7.79. The highest BCUT2D eigenvalue weighted by molar-refractivity contribution is 5.66. The highest BCUT2D eigenvalue weighted by Crippen LogP contribution is 2.12. The van der Waals surface area contributed by atoms with Crippen molar-refractivity contribution in [1.82, 2.24) is 0 Å². The molecule has 0 saturated heterocycles. The first-order valence-corrected chi connectivity index (χ1v) is 6.74. The maximum Gasteiger partial charge on any atom is 0.303 e. The third-order valence-electron chi connectivity index (χ3n) is 2.76. The van der Waals surface area contributed by atoms with Gasteiger partial charge in [0.2, 0.25) is 0 Å². The monoisotopic (exact) mass is 288 g/mol. The minimum absolute atomic E-state index is 0.0572. The molecule has 0 amide bonds. The predicted molar refractivity (Wildman–Crippen MR) is 81.7 cm³/mol. The summed E-state index contributed by atoms with van der Waals surface area (Å²) in [6.45, 7) is 0. The number of hydrogen-bond acceptors (Lipinski definition) is 3. The van der Waals surface area contributed by atoms with Crippen LogP contribution in [0.5, 0.6) is 0 Å². The van der Waals surface area contributed by atoms with Crippen molar-refractivity contribution in [3.63, 3.8) is 0 Å². The SMILES string of the molecule is O=C(O)CCC(O)/C=C/C=C/C=C/C(O)c1ccccc1. The normalized spacial score (nSPS) is 15.0. The number of carboxylic acid groups (broad SMARTS) is 1. The van der Waals surface area contributed by atoms with Crippen LogP contribution in [0.2, 0.25) is 0 Å². The lowest BCUT2D eigenvalue weighted by Gasteiger charge is -2.03. The first-order chi connectivity index (χ1) is 10.1. The molecule has 0 bridgehead atoms. The fourth-order valence-electron chi connectivity index (χ4n) is 1.62. The number of carbonyl (C=O) groups is 1. The molecule has 0 aliphatic heterocycles. The Morgan fingerprint density at radius 1 is 1.00 bits per heavy atom. The van der Waals surface area contributed by atoms with Gasteiger partial charge in [-0.15, -0.1) is 0 Å². The number of hydrogen-bond donors (Lipinski definition) is 3. The lowest BCUT2D eigenvalue weighted by molar-refractivity contribution is -0.137. The highest BCUT2D eigenvalue weighted by atomic mass is 16.4. The minimum Gasteiger partial charge on any atom is -0.481 e. The summed E-state index contributed by atoms with van der Waals surface area (Å²) in [6.07, 6.45) is 8.70. The van der Waals surface area contributed by atoms with Crippen LogP contribution >= 0.6 is 0 Å². The van der Waals surface area contributed by atoms with E-state index in [4.69, 9.17) is 5.11 Å². The molecule has 4 nitrogen and oxygen atoms in total. The minimum atomic E-state index is -0.921. The number of aliphatic hydroxyl groups excluding tert-OH is 2. The Balaban J connectivity index is 2.34. The average Bonchev–Trinajstić information content (AvgIpc) is 2.49. The van der Waals surface area contributed by atoms with Crippen molar-refractivity contribution in [1.29, 1.82) is 0 Å². The van der Waals surface area contributed by atoms with Gasteiger partial charge in [0, 0.05) is 6.42 Å². The summed E-state index contributed by atoms with van der Waals surface area (Å²) < 4.78 is 0. The molecule has 2 atom stereocenters. The molecule has 0 aromatic heterocycles. The summed E-state index contributed by atoms with van der Waals surface area (Å²) in [6, 6.07) is 9.31. The van der Waals surface area contributed by atoms with Crippen LogP contribution in [0.15, 0.2) is 66.8 Å². The quantitative estimate of drug-likeness (QED) is 0.643. The first-order valence-electron chi connectivity index (χ1n) is 6.74. The number of allylic oxidation sites excluding steroid dienone is 4. The zero-order chi connectivity index (χ0) is 15.5. The van der Waals surface area contributed by atoms with Gasteiger partial charge in [0.25, 0.3) is 0 Å². The second-order valence-corrected chi connectivity index (χ2v) is 4.51. The zero-order valence-electron chi connectivity index (χ0n) is 11.7. The van der Waals surface area contributed by atoms with E-state index in [0.29, 0.717) is 0 Å². The summed E-state index contributed by atoms with van der Waals surface area (Å²) in [4.78, 5) is 10.3. The second-order valence-electron chi connectivity index (χ2n) is 4.51. The van der Waals surface area contributed by atoms with Crippen molar-refractivity contribution in [3.8, 4) is 0 Å². The lowest BCUT2D eigenvalue weighted by Crippen LogP contribution is -2.05. The van der Waals surface area contributed by atoms with Gasteiger partial charge in [0.05, 0.1) is 12.2 Å². The average molecular weight is 288 g/mol. The largest absolute Gasteiger partial charge is 0.481 e. The third kappa shape index (κ3) is 7.87. The van der Waals surface area contributed by atoms with Crippen molar-refractivity contribution in [3.05, 3.63) is 72.4 Å². The van der Waals surface area contributed by atoms with Gasteiger partial charge in [-0.1, -0.05) is 66.8 Å². The summed E-state index contributed by atoms with van der Waals surface area (Å²) >= 11 is 0. The van der Waals surface area contributed by atoms with Crippen LogP contribution in [-0.4, -0.2) is 27.4 Å². The number of aliphatic carboxylic acids is 1. The van der Waals surface area contributed by atoms with E-state index in [1.807, 2.05) is 30.3 Å². The topological polar surface area (TPSA) is 77.8 Å². The molecule has 0 aliphatic rings. The van der Waals surface area contributed by atoms with Crippen molar-refractivity contribution >= 4 is 5.97 Å². The fourth-order valence-corrected chi connectivity index (χ4v) is 1.62. The third-order valence-corrected chi connectivity index (χ3v) is 2.76. The van der Waals surface area contributed by atoms with E-state index < -0.39 is 18.2 Å². The van der Waals surface area contributed by atoms with E-state index in [1.54, 1.807) is 30.4 Å². The zero-order valence-corrected chi connectivity index (χ0v) is 11.7. The number of carboxylic acids is 1. The first kappa shape index (κ1) is 16.9. The van der Waals surface area contributed by atoms with E-state index in [9.17, 15) is 15.0 Å². The maximum atomic E-state index is 10.3. The summed E-state index contributed by atoms with van der Waals surface area (Å²) in [5.74, 6) is -0.921. The molecular weight excluding hydrogens is 268 g/mol. The molecular formula is C17H20O4. The van der Waals surface area contributed by atoms with Gasteiger partial charge in [-0.2, -0.15) is 0 Å². The summed E-state index contributed by atoms with van der Waals surface area (Å²) in [5.41, 5.74) is 0.821. The molecule has 1 aromatic carbocycles. The van der Waals surface area contributed by atoms with Crippen molar-refractivity contribution < 1.29 is 20.1 Å². The van der Waals surface area contributed by atoms with Crippen molar-refractivity contribution in [2.75, 3.05) is 0 Å². The molecule has 21 heavy (non-hydrogen) atoms. The Labute approximate surface area is 124 Å². The van der Waals surface area contributed by atoms with Crippen LogP contribution in [0, 0.1) is 0 Å². The van der Waals surface area contributed by atoms with Crippen LogP contribution in [-0.2, 0) is 4.79 Å². The van der Waals surface area contributed by atoms with E-state index in [1.165, 1.54) is 6.08 Å². The van der Waals surface area contributed by atoms with Gasteiger partial charge >= 0.3 is 5.97 Å². The fraction of sp³-hybridized carbons (Fsp3) is 0.235. The number of benzene rings is 1. The van der Waals surface area contributed by atoms with Crippen LogP contribution in [0.4, 0.5) is 0 Å². The smallest absolute Gasteiger partial charge is 0.303 e. The number of aliphatic hydroxyl groups is 2.